The van der Waals surface area contributed by atoms with Crippen LogP contribution in [0.4, 0.5) is 13.2 Å². The van der Waals surface area contributed by atoms with Gasteiger partial charge in [-0.2, -0.15) is 0 Å². The van der Waals surface area contributed by atoms with E-state index in [0.29, 0.717) is 16.1 Å². The second-order valence-corrected chi connectivity index (χ2v) is 5.45. The fourth-order valence-electron chi connectivity index (χ4n) is 1.72. The summed E-state index contributed by atoms with van der Waals surface area (Å²) in [5, 5.41) is 0. The largest absolute Gasteiger partial charge is 0.573 e. The van der Waals surface area contributed by atoms with Crippen LogP contribution in [0.2, 0.25) is 0 Å². The fourth-order valence-corrected chi connectivity index (χ4v) is 2.12. The number of halogens is 4. The Morgan fingerprint density at radius 1 is 1.14 bits per heavy atom. The predicted octanol–water partition coefficient (Wildman–Crippen LogP) is 4.93. The van der Waals surface area contributed by atoms with Gasteiger partial charge in [-0.3, -0.25) is 0 Å². The van der Waals surface area contributed by atoms with Gasteiger partial charge in [-0.1, -0.05) is 26.0 Å². The molecule has 7 heteroatoms. The van der Waals surface area contributed by atoms with Gasteiger partial charge in [0.15, 0.2) is 0 Å². The summed E-state index contributed by atoms with van der Waals surface area (Å²) < 4.78 is 41.9. The fraction of sp³-hybridized carbons (Fsp3) is 0.286. The summed E-state index contributed by atoms with van der Waals surface area (Å²) in [4.78, 5) is 8.51. The Morgan fingerprint density at radius 2 is 1.81 bits per heavy atom. The highest BCUT2D eigenvalue weighted by molar-refractivity contribution is 9.10. The molecule has 0 atom stereocenters. The van der Waals surface area contributed by atoms with Gasteiger partial charge in [0.05, 0.1) is 5.69 Å². The Labute approximate surface area is 128 Å². The molecule has 0 aliphatic carbocycles. The molecule has 0 fully saturated rings. The van der Waals surface area contributed by atoms with Crippen LogP contribution < -0.4 is 4.74 Å². The molecule has 0 aliphatic rings. The van der Waals surface area contributed by atoms with Gasteiger partial charge in [0.1, 0.15) is 16.2 Å². The minimum Gasteiger partial charge on any atom is -0.405 e. The highest BCUT2D eigenvalue weighted by atomic mass is 79.9. The number of ether oxygens (including phenoxy) is 1. The maximum absolute atomic E-state index is 12.5. The molecule has 0 amide bonds. The second kappa shape index (κ2) is 6.01. The molecular weight excluding hydrogens is 349 g/mol. The molecule has 0 saturated carbocycles. The summed E-state index contributed by atoms with van der Waals surface area (Å²) in [5.41, 5.74) is 0.639. The van der Waals surface area contributed by atoms with Crippen molar-refractivity contribution >= 4 is 15.9 Å². The SMILES string of the molecule is CC(C)c1nc(Br)cc(-c2ccccc2OC(F)(F)F)n1. The number of nitrogens with zero attached hydrogens (tertiary/aromatic N) is 2. The molecular formula is C14H12BrF3N2O. The molecule has 0 spiro atoms. The lowest BCUT2D eigenvalue weighted by atomic mass is 10.1. The van der Waals surface area contributed by atoms with Gasteiger partial charge in [0.2, 0.25) is 0 Å². The summed E-state index contributed by atoms with van der Waals surface area (Å²) >= 11 is 3.25. The summed E-state index contributed by atoms with van der Waals surface area (Å²) in [6, 6.07) is 7.45. The molecule has 1 aromatic carbocycles. The van der Waals surface area contributed by atoms with Crippen molar-refractivity contribution in [3.8, 4) is 17.0 Å². The van der Waals surface area contributed by atoms with E-state index < -0.39 is 6.36 Å². The van der Waals surface area contributed by atoms with Crippen molar-refractivity contribution in [2.24, 2.45) is 0 Å². The topological polar surface area (TPSA) is 35.0 Å². The molecule has 1 aromatic heterocycles. The molecule has 0 N–H and O–H groups in total. The second-order valence-electron chi connectivity index (χ2n) is 4.63. The van der Waals surface area contributed by atoms with Crippen molar-refractivity contribution in [1.82, 2.24) is 9.97 Å². The van der Waals surface area contributed by atoms with Crippen LogP contribution in [0.25, 0.3) is 11.3 Å². The lowest BCUT2D eigenvalue weighted by Crippen LogP contribution is -2.17. The number of benzene rings is 1. The number of hydrogen-bond donors (Lipinski definition) is 0. The van der Waals surface area contributed by atoms with Crippen molar-refractivity contribution in [1.29, 1.82) is 0 Å². The van der Waals surface area contributed by atoms with Gasteiger partial charge in [-0.25, -0.2) is 9.97 Å². The van der Waals surface area contributed by atoms with Crippen molar-refractivity contribution in [2.45, 2.75) is 26.1 Å². The first kappa shape index (κ1) is 15.8. The maximum atomic E-state index is 12.5. The van der Waals surface area contributed by atoms with Gasteiger partial charge >= 0.3 is 6.36 Å². The van der Waals surface area contributed by atoms with E-state index >= 15 is 0 Å². The lowest BCUT2D eigenvalue weighted by Gasteiger charge is -2.14. The van der Waals surface area contributed by atoms with Crippen LogP contribution in [-0.2, 0) is 0 Å². The van der Waals surface area contributed by atoms with Crippen LogP contribution in [0, 0.1) is 0 Å². The first-order valence-corrected chi connectivity index (χ1v) is 6.95. The van der Waals surface area contributed by atoms with Gasteiger partial charge in [0.25, 0.3) is 0 Å². The van der Waals surface area contributed by atoms with Crippen LogP contribution in [0.3, 0.4) is 0 Å². The Balaban J connectivity index is 2.52. The average molecular weight is 361 g/mol. The first-order chi connectivity index (χ1) is 9.76. The molecule has 3 nitrogen and oxygen atoms in total. The molecule has 112 valence electrons. The van der Waals surface area contributed by atoms with Gasteiger partial charge < -0.3 is 4.74 Å². The van der Waals surface area contributed by atoms with Crippen LogP contribution in [0.15, 0.2) is 34.9 Å². The molecule has 0 saturated heterocycles. The van der Waals surface area contributed by atoms with E-state index in [2.05, 4.69) is 30.6 Å². The standard InChI is InChI=1S/C14H12BrF3N2O/c1-8(2)13-19-10(7-12(15)20-13)9-5-3-4-6-11(9)21-14(16,17)18/h3-8H,1-2H3. The molecule has 0 radical (unpaired) electrons. The highest BCUT2D eigenvalue weighted by Crippen LogP contribution is 2.33. The van der Waals surface area contributed by atoms with E-state index in [-0.39, 0.29) is 17.2 Å². The molecule has 0 unspecified atom stereocenters. The van der Waals surface area contributed by atoms with Crippen LogP contribution in [0.5, 0.6) is 5.75 Å². The van der Waals surface area contributed by atoms with Crippen LogP contribution in [0.1, 0.15) is 25.6 Å². The minimum absolute atomic E-state index is 0.0527. The Hall–Kier alpha value is -1.63. The zero-order valence-corrected chi connectivity index (χ0v) is 12.9. The maximum Gasteiger partial charge on any atom is 0.573 e. The summed E-state index contributed by atoms with van der Waals surface area (Å²) in [5.74, 6) is 0.309. The van der Waals surface area contributed by atoms with Crippen molar-refractivity contribution in [2.75, 3.05) is 0 Å². The Bertz CT molecular complexity index is 644. The third-order valence-electron chi connectivity index (χ3n) is 2.62. The van der Waals surface area contributed by atoms with Crippen LogP contribution >= 0.6 is 15.9 Å². The third kappa shape index (κ3) is 4.17. The summed E-state index contributed by atoms with van der Waals surface area (Å²) in [6.07, 6.45) is -4.75. The predicted molar refractivity (Wildman–Crippen MR) is 75.9 cm³/mol. The zero-order chi connectivity index (χ0) is 15.6. The number of aromatic nitrogens is 2. The number of rotatable bonds is 3. The van der Waals surface area contributed by atoms with Crippen molar-refractivity contribution in [3.63, 3.8) is 0 Å². The van der Waals surface area contributed by atoms with Crippen molar-refractivity contribution in [3.05, 3.63) is 40.8 Å². The van der Waals surface area contributed by atoms with E-state index in [1.54, 1.807) is 12.1 Å². The highest BCUT2D eigenvalue weighted by Gasteiger charge is 2.32. The molecule has 1 heterocycles. The first-order valence-electron chi connectivity index (χ1n) is 6.16. The van der Waals surface area contributed by atoms with E-state index in [4.69, 9.17) is 0 Å². The summed E-state index contributed by atoms with van der Waals surface area (Å²) in [7, 11) is 0. The van der Waals surface area contributed by atoms with E-state index in [1.165, 1.54) is 18.2 Å². The smallest absolute Gasteiger partial charge is 0.405 e. The van der Waals surface area contributed by atoms with E-state index in [9.17, 15) is 13.2 Å². The number of hydrogen-bond acceptors (Lipinski definition) is 3. The number of alkyl halides is 3. The van der Waals surface area contributed by atoms with Gasteiger partial charge in [0, 0.05) is 11.5 Å². The Kier molecular flexibility index (Phi) is 4.51. The van der Waals surface area contributed by atoms with Gasteiger partial charge in [-0.15, -0.1) is 13.2 Å². The third-order valence-corrected chi connectivity index (χ3v) is 3.02. The number of para-hydroxylation sites is 1. The summed E-state index contributed by atoms with van der Waals surface area (Å²) in [6.45, 7) is 3.81. The van der Waals surface area contributed by atoms with Crippen LogP contribution in [-0.4, -0.2) is 16.3 Å². The Morgan fingerprint density at radius 3 is 2.43 bits per heavy atom. The van der Waals surface area contributed by atoms with Gasteiger partial charge in [-0.05, 0) is 34.1 Å². The average Bonchev–Trinajstić information content (AvgIpc) is 2.36. The molecule has 2 aromatic rings. The minimum atomic E-state index is -4.75. The molecule has 0 aliphatic heterocycles. The van der Waals surface area contributed by atoms with E-state index in [0.717, 1.165) is 0 Å². The quantitative estimate of drug-likeness (QED) is 0.728. The molecule has 2 rings (SSSR count). The van der Waals surface area contributed by atoms with Crippen molar-refractivity contribution < 1.29 is 17.9 Å². The molecule has 21 heavy (non-hydrogen) atoms. The zero-order valence-electron chi connectivity index (χ0n) is 11.3. The molecule has 0 bridgehead atoms. The monoisotopic (exact) mass is 360 g/mol. The van der Waals surface area contributed by atoms with E-state index in [1.807, 2.05) is 13.8 Å². The normalized spacial score (nSPS) is 11.8. The lowest BCUT2D eigenvalue weighted by molar-refractivity contribution is -0.274.